The lowest BCUT2D eigenvalue weighted by Gasteiger charge is -2.26. The van der Waals surface area contributed by atoms with Gasteiger partial charge in [-0.3, -0.25) is 4.79 Å². The average Bonchev–Trinajstić information content (AvgIpc) is 3.45. The molecule has 2 aliphatic heterocycles. The molecule has 2 fully saturated rings. The topological polar surface area (TPSA) is 122 Å². The molecule has 3 amide bonds. The van der Waals surface area contributed by atoms with Crippen molar-refractivity contribution in [3.63, 3.8) is 0 Å². The number of β-amino-alcohol motifs (C(OH)–C–C–N with tert-alkyl or cyclic N) is 1. The summed E-state index contributed by atoms with van der Waals surface area (Å²) in [5, 5.41) is 25.8. The van der Waals surface area contributed by atoms with Crippen molar-refractivity contribution in [3.8, 4) is 0 Å². The monoisotopic (exact) mass is 472 g/mol. The number of carbonyl (C=O) groups excluding carboxylic acids is 2. The van der Waals surface area contributed by atoms with Crippen LogP contribution in [0.2, 0.25) is 5.02 Å². The highest BCUT2D eigenvalue weighted by molar-refractivity contribution is 6.30. The lowest BCUT2D eigenvalue weighted by Crippen LogP contribution is -2.45. The number of carboxylic acids is 1. The van der Waals surface area contributed by atoms with Crippen LogP contribution in [0, 0.1) is 0 Å². The Kier molecular flexibility index (Phi) is 6.71. The van der Waals surface area contributed by atoms with Gasteiger partial charge in [-0.2, -0.15) is 0 Å². The van der Waals surface area contributed by atoms with Crippen molar-refractivity contribution >= 4 is 46.6 Å². The zero-order chi connectivity index (χ0) is 23.5. The number of carbonyl (C=O) groups is 3. The second-order valence-corrected chi connectivity index (χ2v) is 8.62. The van der Waals surface area contributed by atoms with Crippen LogP contribution >= 0.6 is 11.6 Å². The van der Waals surface area contributed by atoms with Crippen LogP contribution in [-0.4, -0.2) is 64.8 Å². The van der Waals surface area contributed by atoms with E-state index < -0.39 is 30.1 Å². The third-order valence-corrected chi connectivity index (χ3v) is 6.16. The van der Waals surface area contributed by atoms with E-state index in [1.165, 1.54) is 11.0 Å². The van der Waals surface area contributed by atoms with Gasteiger partial charge in [0.25, 0.3) is 0 Å². The Labute approximate surface area is 195 Å². The summed E-state index contributed by atoms with van der Waals surface area (Å²) in [7, 11) is 0. The number of aliphatic hydroxyl groups excluding tert-OH is 1. The molecule has 4 N–H and O–H groups in total. The molecule has 0 aliphatic carbocycles. The molecule has 2 aromatic rings. The quantitative estimate of drug-likeness (QED) is 0.530. The summed E-state index contributed by atoms with van der Waals surface area (Å²) in [5.41, 5.74) is 1.31. The van der Waals surface area contributed by atoms with Gasteiger partial charge in [-0.1, -0.05) is 17.7 Å². The number of carboxylic acid groups (broad SMARTS) is 1. The molecule has 4 rings (SSSR count). The van der Waals surface area contributed by atoms with Crippen molar-refractivity contribution in [2.24, 2.45) is 0 Å². The number of aromatic carboxylic acids is 1. The fraction of sp³-hybridized carbons (Fsp3) is 0.348. The van der Waals surface area contributed by atoms with Crippen LogP contribution in [-0.2, 0) is 4.79 Å². The number of rotatable bonds is 5. The Morgan fingerprint density at radius 3 is 2.36 bits per heavy atom. The fourth-order valence-electron chi connectivity index (χ4n) is 4.29. The van der Waals surface area contributed by atoms with Crippen LogP contribution < -0.4 is 15.5 Å². The number of urea groups is 1. The number of halogens is 1. The zero-order valence-corrected chi connectivity index (χ0v) is 18.6. The number of hydrogen-bond donors (Lipinski definition) is 4. The van der Waals surface area contributed by atoms with Crippen molar-refractivity contribution in [2.45, 2.75) is 31.4 Å². The Balaban J connectivity index is 1.56. The molecule has 33 heavy (non-hydrogen) atoms. The Morgan fingerprint density at radius 2 is 1.70 bits per heavy atom. The molecule has 0 aromatic heterocycles. The number of nitrogens with zero attached hydrogens (tertiary/aromatic N) is 2. The smallest absolute Gasteiger partial charge is 0.337 e. The Morgan fingerprint density at radius 1 is 1.00 bits per heavy atom. The van der Waals surface area contributed by atoms with Gasteiger partial charge in [0.15, 0.2) is 0 Å². The van der Waals surface area contributed by atoms with Gasteiger partial charge >= 0.3 is 12.0 Å². The maximum absolute atomic E-state index is 13.2. The molecule has 2 unspecified atom stereocenters. The lowest BCUT2D eigenvalue weighted by atomic mass is 10.1. The molecule has 2 aromatic carbocycles. The van der Waals surface area contributed by atoms with Crippen LogP contribution in [0.5, 0.6) is 0 Å². The SMILES string of the molecule is O=C(O)c1cccc(N2CCCC2)c1NC(=O)C1CC(O)CN1C(=O)Nc1ccc(Cl)cc1. The number of amides is 3. The van der Waals surface area contributed by atoms with Gasteiger partial charge in [0.2, 0.25) is 5.91 Å². The average molecular weight is 473 g/mol. The Hall–Kier alpha value is -3.30. The first-order valence-corrected chi connectivity index (χ1v) is 11.1. The summed E-state index contributed by atoms with van der Waals surface area (Å²) < 4.78 is 0. The maximum atomic E-state index is 13.2. The van der Waals surface area contributed by atoms with Crippen molar-refractivity contribution < 1.29 is 24.6 Å². The minimum atomic E-state index is -1.16. The highest BCUT2D eigenvalue weighted by Gasteiger charge is 2.39. The first kappa shape index (κ1) is 22.9. The minimum absolute atomic E-state index is 0.0168. The molecule has 10 heteroatoms. The molecule has 0 bridgehead atoms. The molecule has 9 nitrogen and oxygen atoms in total. The predicted octanol–water partition coefficient (Wildman–Crippen LogP) is 3.24. The van der Waals surface area contributed by atoms with E-state index in [1.807, 2.05) is 4.90 Å². The van der Waals surface area contributed by atoms with Crippen LogP contribution in [0.1, 0.15) is 29.6 Å². The third kappa shape index (κ3) is 5.04. The fourth-order valence-corrected chi connectivity index (χ4v) is 4.42. The number of benzene rings is 2. The van der Waals surface area contributed by atoms with Crippen molar-refractivity contribution in [3.05, 3.63) is 53.1 Å². The van der Waals surface area contributed by atoms with E-state index in [0.717, 1.165) is 25.9 Å². The summed E-state index contributed by atoms with van der Waals surface area (Å²) in [4.78, 5) is 41.2. The first-order valence-electron chi connectivity index (χ1n) is 10.8. The molecule has 0 saturated carbocycles. The van der Waals surface area contributed by atoms with Gasteiger partial charge in [0, 0.05) is 36.8 Å². The van der Waals surface area contributed by atoms with Gasteiger partial charge in [-0.15, -0.1) is 0 Å². The summed E-state index contributed by atoms with van der Waals surface area (Å²) in [5.74, 6) is -1.71. The number of anilines is 3. The second kappa shape index (κ2) is 9.68. The van der Waals surface area contributed by atoms with Crippen molar-refractivity contribution in [1.82, 2.24) is 4.90 Å². The molecular weight excluding hydrogens is 448 g/mol. The number of hydrogen-bond acceptors (Lipinski definition) is 5. The van der Waals surface area contributed by atoms with E-state index in [1.54, 1.807) is 36.4 Å². The highest BCUT2D eigenvalue weighted by Crippen LogP contribution is 2.33. The molecule has 2 saturated heterocycles. The van der Waals surface area contributed by atoms with Crippen LogP contribution in [0.3, 0.4) is 0 Å². The van der Waals surface area contributed by atoms with Crippen LogP contribution in [0.15, 0.2) is 42.5 Å². The minimum Gasteiger partial charge on any atom is -0.478 e. The number of aliphatic hydroxyl groups is 1. The van der Waals surface area contributed by atoms with Crippen LogP contribution in [0.4, 0.5) is 21.9 Å². The molecule has 2 heterocycles. The van der Waals surface area contributed by atoms with E-state index in [-0.39, 0.29) is 24.2 Å². The van der Waals surface area contributed by atoms with Crippen molar-refractivity contribution in [2.75, 3.05) is 35.2 Å². The van der Waals surface area contributed by atoms with E-state index in [0.29, 0.717) is 16.4 Å². The van der Waals surface area contributed by atoms with Crippen LogP contribution in [0.25, 0.3) is 0 Å². The normalized spacial score (nSPS) is 20.1. The van der Waals surface area contributed by atoms with E-state index in [2.05, 4.69) is 10.6 Å². The van der Waals surface area contributed by atoms with Gasteiger partial charge in [0.05, 0.1) is 23.0 Å². The standard InChI is InChI=1S/C23H25ClN4O5/c24-14-6-8-15(9-7-14)25-23(33)28-13-16(29)12-19(28)21(30)26-20-17(22(31)32)4-3-5-18(20)27-10-1-2-11-27/h3-9,16,19,29H,1-2,10-13H2,(H,25,33)(H,26,30)(H,31,32). The second-order valence-electron chi connectivity index (χ2n) is 8.18. The molecule has 2 aliphatic rings. The maximum Gasteiger partial charge on any atom is 0.337 e. The predicted molar refractivity (Wildman–Crippen MR) is 125 cm³/mol. The number of nitrogens with one attached hydrogen (secondary N) is 2. The lowest BCUT2D eigenvalue weighted by molar-refractivity contribution is -0.119. The molecule has 0 radical (unpaired) electrons. The summed E-state index contributed by atoms with van der Waals surface area (Å²) in [6.07, 6.45) is 1.15. The van der Waals surface area contributed by atoms with E-state index >= 15 is 0 Å². The summed E-state index contributed by atoms with van der Waals surface area (Å²) >= 11 is 5.88. The van der Waals surface area contributed by atoms with Gasteiger partial charge in [0.1, 0.15) is 6.04 Å². The van der Waals surface area contributed by atoms with Gasteiger partial charge in [-0.05, 0) is 49.2 Å². The largest absolute Gasteiger partial charge is 0.478 e. The highest BCUT2D eigenvalue weighted by atomic mass is 35.5. The van der Waals surface area contributed by atoms with E-state index in [4.69, 9.17) is 11.6 Å². The Bertz CT molecular complexity index is 1060. The van der Waals surface area contributed by atoms with Gasteiger partial charge < -0.3 is 30.6 Å². The van der Waals surface area contributed by atoms with Crippen molar-refractivity contribution in [1.29, 1.82) is 0 Å². The van der Waals surface area contributed by atoms with Gasteiger partial charge in [-0.25, -0.2) is 9.59 Å². The number of likely N-dealkylation sites (tertiary alicyclic amines) is 1. The zero-order valence-electron chi connectivity index (χ0n) is 17.8. The summed E-state index contributed by atoms with van der Waals surface area (Å²) in [6.45, 7) is 1.52. The molecule has 174 valence electrons. The third-order valence-electron chi connectivity index (χ3n) is 5.91. The summed E-state index contributed by atoms with van der Waals surface area (Å²) in [6, 6.07) is 9.89. The van der Waals surface area contributed by atoms with E-state index in [9.17, 15) is 24.6 Å². The number of para-hydroxylation sites is 1. The molecule has 2 atom stereocenters. The molecular formula is C23H25ClN4O5. The first-order chi connectivity index (χ1) is 15.8. The molecule has 0 spiro atoms.